The summed E-state index contributed by atoms with van der Waals surface area (Å²) in [5.74, 6) is 0. The number of rotatable bonds is 4. The third-order valence-electron chi connectivity index (χ3n) is 2.44. The number of hydrogen-bond acceptors (Lipinski definition) is 4. The highest BCUT2D eigenvalue weighted by Crippen LogP contribution is 2.22. The summed E-state index contributed by atoms with van der Waals surface area (Å²) >= 11 is 1.38. The zero-order valence-corrected chi connectivity index (χ0v) is 9.65. The van der Waals surface area contributed by atoms with Gasteiger partial charge in [-0.25, -0.2) is 4.98 Å². The molecule has 3 N–H and O–H groups in total. The first-order valence-electron chi connectivity index (χ1n) is 5.14. The maximum atomic E-state index is 10.1. The molecule has 4 heteroatoms. The summed E-state index contributed by atoms with van der Waals surface area (Å²) in [5, 5.41) is 12.4. The molecule has 0 fully saturated rings. The molecule has 1 atom stereocenters. The van der Waals surface area contributed by atoms with E-state index >= 15 is 0 Å². The third kappa shape index (κ3) is 2.66. The van der Waals surface area contributed by atoms with Crippen molar-refractivity contribution in [2.24, 2.45) is 5.73 Å². The van der Waals surface area contributed by atoms with Crippen molar-refractivity contribution < 1.29 is 5.11 Å². The summed E-state index contributed by atoms with van der Waals surface area (Å²) in [6.07, 6.45) is 2.87. The Balaban J connectivity index is 2.00. The van der Waals surface area contributed by atoms with Crippen molar-refractivity contribution >= 4 is 11.3 Å². The number of aryl methyl sites for hydroxylation is 1. The van der Waals surface area contributed by atoms with Gasteiger partial charge >= 0.3 is 0 Å². The Morgan fingerprint density at radius 2 is 2.06 bits per heavy atom. The Morgan fingerprint density at radius 3 is 2.69 bits per heavy atom. The van der Waals surface area contributed by atoms with Crippen LogP contribution in [0.15, 0.2) is 41.9 Å². The molecular formula is C12H14N2OS. The van der Waals surface area contributed by atoms with Gasteiger partial charge in [-0.05, 0) is 12.0 Å². The summed E-state index contributed by atoms with van der Waals surface area (Å²) in [4.78, 5) is 4.04. The predicted octanol–water partition coefficient (Wildman–Crippen LogP) is 1.88. The Bertz CT molecular complexity index is 426. The molecule has 0 saturated heterocycles. The van der Waals surface area contributed by atoms with Crippen molar-refractivity contribution in [3.05, 3.63) is 52.5 Å². The fraction of sp³-hybridized carbons (Fsp3) is 0.250. The SMILES string of the molecule is NC(O)(CCc1ccccc1)c1nccs1. The van der Waals surface area contributed by atoms with Crippen LogP contribution < -0.4 is 5.73 Å². The third-order valence-corrected chi connectivity index (χ3v) is 3.38. The molecule has 2 aromatic rings. The molecule has 0 amide bonds. The minimum Gasteiger partial charge on any atom is -0.369 e. The average Bonchev–Trinajstić information content (AvgIpc) is 2.82. The second-order valence-corrected chi connectivity index (χ2v) is 4.64. The Kier molecular flexibility index (Phi) is 3.33. The van der Waals surface area contributed by atoms with E-state index in [4.69, 9.17) is 5.73 Å². The average molecular weight is 234 g/mol. The molecule has 0 aliphatic heterocycles. The van der Waals surface area contributed by atoms with E-state index in [0.29, 0.717) is 11.4 Å². The molecule has 1 unspecified atom stereocenters. The van der Waals surface area contributed by atoms with Gasteiger partial charge in [-0.1, -0.05) is 30.3 Å². The van der Waals surface area contributed by atoms with Gasteiger partial charge in [0.05, 0.1) is 0 Å². The van der Waals surface area contributed by atoms with Crippen LogP contribution in [0.25, 0.3) is 0 Å². The standard InChI is InChI=1S/C12H14N2OS/c13-12(15,11-14-8-9-16-11)7-6-10-4-2-1-3-5-10/h1-5,8-9,15H,6-7,13H2. The highest BCUT2D eigenvalue weighted by atomic mass is 32.1. The number of aromatic nitrogens is 1. The van der Waals surface area contributed by atoms with Crippen molar-refractivity contribution in [3.63, 3.8) is 0 Å². The van der Waals surface area contributed by atoms with Crippen LogP contribution in [-0.4, -0.2) is 10.1 Å². The van der Waals surface area contributed by atoms with Gasteiger partial charge in [0.15, 0.2) is 5.72 Å². The number of aliphatic hydroxyl groups is 1. The molecule has 0 radical (unpaired) electrons. The lowest BCUT2D eigenvalue weighted by molar-refractivity contribution is 0.0343. The number of nitrogens with zero attached hydrogens (tertiary/aromatic N) is 1. The summed E-state index contributed by atoms with van der Waals surface area (Å²) in [6, 6.07) is 9.98. The van der Waals surface area contributed by atoms with Crippen LogP contribution in [0.5, 0.6) is 0 Å². The number of benzene rings is 1. The van der Waals surface area contributed by atoms with Crippen LogP contribution in [0, 0.1) is 0 Å². The summed E-state index contributed by atoms with van der Waals surface area (Å²) in [5.41, 5.74) is 5.69. The van der Waals surface area contributed by atoms with Crippen LogP contribution in [-0.2, 0) is 12.1 Å². The Morgan fingerprint density at radius 1 is 1.31 bits per heavy atom. The number of nitrogens with two attached hydrogens (primary N) is 1. The molecule has 16 heavy (non-hydrogen) atoms. The maximum Gasteiger partial charge on any atom is 0.166 e. The maximum absolute atomic E-state index is 10.1. The molecule has 2 rings (SSSR count). The van der Waals surface area contributed by atoms with Crippen LogP contribution in [0.3, 0.4) is 0 Å². The topological polar surface area (TPSA) is 59.1 Å². The van der Waals surface area contributed by atoms with E-state index < -0.39 is 5.72 Å². The monoisotopic (exact) mass is 234 g/mol. The molecule has 0 spiro atoms. The fourth-order valence-electron chi connectivity index (χ4n) is 1.52. The van der Waals surface area contributed by atoms with Crippen molar-refractivity contribution in [3.8, 4) is 0 Å². The van der Waals surface area contributed by atoms with E-state index in [1.54, 1.807) is 6.20 Å². The van der Waals surface area contributed by atoms with Gasteiger partial charge in [0.25, 0.3) is 0 Å². The molecule has 0 aliphatic rings. The molecule has 1 aromatic carbocycles. The van der Waals surface area contributed by atoms with E-state index in [9.17, 15) is 5.11 Å². The van der Waals surface area contributed by atoms with E-state index in [-0.39, 0.29) is 0 Å². The van der Waals surface area contributed by atoms with E-state index in [0.717, 1.165) is 6.42 Å². The second kappa shape index (κ2) is 4.74. The Hall–Kier alpha value is -1.23. The summed E-state index contributed by atoms with van der Waals surface area (Å²) in [7, 11) is 0. The first kappa shape index (κ1) is 11.3. The zero-order chi connectivity index (χ0) is 11.4. The predicted molar refractivity (Wildman–Crippen MR) is 65.0 cm³/mol. The summed E-state index contributed by atoms with van der Waals surface area (Å²) < 4.78 is 0. The van der Waals surface area contributed by atoms with E-state index in [1.807, 2.05) is 35.7 Å². The van der Waals surface area contributed by atoms with Gasteiger partial charge in [0.2, 0.25) is 0 Å². The zero-order valence-electron chi connectivity index (χ0n) is 8.84. The quantitative estimate of drug-likeness (QED) is 0.794. The molecule has 84 valence electrons. The Labute approximate surface area is 98.6 Å². The van der Waals surface area contributed by atoms with E-state index in [2.05, 4.69) is 4.98 Å². The van der Waals surface area contributed by atoms with Gasteiger partial charge < -0.3 is 5.11 Å². The lowest BCUT2D eigenvalue weighted by Gasteiger charge is -2.20. The highest BCUT2D eigenvalue weighted by molar-refractivity contribution is 7.09. The minimum atomic E-state index is -1.32. The van der Waals surface area contributed by atoms with Crippen molar-refractivity contribution in [2.45, 2.75) is 18.6 Å². The lowest BCUT2D eigenvalue weighted by Crippen LogP contribution is -2.36. The lowest BCUT2D eigenvalue weighted by atomic mass is 10.0. The number of hydrogen-bond donors (Lipinski definition) is 2. The molecule has 1 aromatic heterocycles. The van der Waals surface area contributed by atoms with Crippen LogP contribution >= 0.6 is 11.3 Å². The van der Waals surface area contributed by atoms with Crippen molar-refractivity contribution in [2.75, 3.05) is 0 Å². The minimum absolute atomic E-state index is 0.477. The molecule has 3 nitrogen and oxygen atoms in total. The van der Waals surface area contributed by atoms with Gasteiger partial charge in [-0.3, -0.25) is 5.73 Å². The molecule has 0 bridgehead atoms. The van der Waals surface area contributed by atoms with Gasteiger partial charge in [-0.15, -0.1) is 11.3 Å². The van der Waals surface area contributed by atoms with Gasteiger partial charge in [0.1, 0.15) is 5.01 Å². The first-order chi connectivity index (χ1) is 7.68. The smallest absolute Gasteiger partial charge is 0.166 e. The van der Waals surface area contributed by atoms with Crippen LogP contribution in [0.4, 0.5) is 0 Å². The summed E-state index contributed by atoms with van der Waals surface area (Å²) in [6.45, 7) is 0. The van der Waals surface area contributed by atoms with Crippen molar-refractivity contribution in [1.29, 1.82) is 0 Å². The fourth-order valence-corrected chi connectivity index (χ4v) is 2.20. The van der Waals surface area contributed by atoms with E-state index in [1.165, 1.54) is 16.9 Å². The highest BCUT2D eigenvalue weighted by Gasteiger charge is 2.26. The van der Waals surface area contributed by atoms with Gasteiger partial charge in [0, 0.05) is 18.0 Å². The molecule has 1 heterocycles. The molecular weight excluding hydrogens is 220 g/mol. The first-order valence-corrected chi connectivity index (χ1v) is 6.01. The van der Waals surface area contributed by atoms with Crippen LogP contribution in [0.2, 0.25) is 0 Å². The van der Waals surface area contributed by atoms with Crippen molar-refractivity contribution in [1.82, 2.24) is 4.98 Å². The normalized spacial score (nSPS) is 14.6. The molecule has 0 aliphatic carbocycles. The molecule has 0 saturated carbocycles. The van der Waals surface area contributed by atoms with Crippen LogP contribution in [0.1, 0.15) is 17.0 Å². The van der Waals surface area contributed by atoms with Gasteiger partial charge in [-0.2, -0.15) is 0 Å². The largest absolute Gasteiger partial charge is 0.369 e. The second-order valence-electron chi connectivity index (χ2n) is 3.75. The number of thiazole rings is 1.